The number of thioether (sulfide) groups is 1. The van der Waals surface area contributed by atoms with Crippen LogP contribution in [-0.2, 0) is 9.53 Å². The summed E-state index contributed by atoms with van der Waals surface area (Å²) in [7, 11) is 0. The van der Waals surface area contributed by atoms with Crippen molar-refractivity contribution >= 4 is 29.3 Å². The van der Waals surface area contributed by atoms with Gasteiger partial charge in [-0.3, -0.25) is 4.79 Å². The van der Waals surface area contributed by atoms with Crippen LogP contribution in [0.2, 0.25) is 5.02 Å². The van der Waals surface area contributed by atoms with E-state index in [1.54, 1.807) is 19.2 Å². The van der Waals surface area contributed by atoms with Crippen LogP contribution in [0.1, 0.15) is 13.3 Å². The van der Waals surface area contributed by atoms with E-state index in [4.69, 9.17) is 22.1 Å². The first-order chi connectivity index (χ1) is 8.13. The molecule has 0 saturated carbocycles. The fourth-order valence-electron chi connectivity index (χ4n) is 1.11. The molecular formula is C11H15ClN2O2S. The number of esters is 1. The van der Waals surface area contributed by atoms with E-state index in [0.29, 0.717) is 23.8 Å². The molecule has 0 spiro atoms. The molecule has 0 fully saturated rings. The molecule has 4 nitrogen and oxygen atoms in total. The standard InChI is InChI=1S/C11H15ClN2O2S/c1-2-16-11(15)9(13)5-6-17-10-4-3-8(12)7-14-10/h3-4,7,9H,2,5-6,13H2,1H3. The number of ether oxygens (including phenoxy) is 1. The van der Waals surface area contributed by atoms with Gasteiger partial charge >= 0.3 is 5.97 Å². The minimum Gasteiger partial charge on any atom is -0.465 e. The number of carbonyl (C=O) groups is 1. The molecule has 6 heteroatoms. The summed E-state index contributed by atoms with van der Waals surface area (Å²) >= 11 is 7.25. The molecule has 0 aliphatic carbocycles. The molecule has 94 valence electrons. The number of aromatic nitrogens is 1. The number of nitrogens with zero attached hydrogens (tertiary/aromatic N) is 1. The fourth-order valence-corrected chi connectivity index (χ4v) is 2.09. The largest absolute Gasteiger partial charge is 0.465 e. The Kier molecular flexibility index (Phi) is 6.32. The van der Waals surface area contributed by atoms with Gasteiger partial charge in [-0.05, 0) is 25.5 Å². The number of halogens is 1. The number of pyridine rings is 1. The first kappa shape index (κ1) is 14.3. The molecule has 1 aromatic rings. The molecule has 0 aliphatic rings. The average molecular weight is 275 g/mol. The third-order valence-electron chi connectivity index (χ3n) is 1.97. The van der Waals surface area contributed by atoms with E-state index in [-0.39, 0.29) is 5.97 Å². The minimum atomic E-state index is -0.560. The minimum absolute atomic E-state index is 0.350. The molecule has 0 aromatic carbocycles. The monoisotopic (exact) mass is 274 g/mol. The maximum atomic E-state index is 11.2. The molecule has 0 aliphatic heterocycles. The zero-order valence-electron chi connectivity index (χ0n) is 9.56. The summed E-state index contributed by atoms with van der Waals surface area (Å²) in [5.41, 5.74) is 5.66. The molecule has 0 amide bonds. The van der Waals surface area contributed by atoms with Crippen LogP contribution in [0.5, 0.6) is 0 Å². The Morgan fingerprint density at radius 3 is 3.00 bits per heavy atom. The Bertz CT molecular complexity index is 359. The van der Waals surface area contributed by atoms with Gasteiger partial charge < -0.3 is 10.5 Å². The van der Waals surface area contributed by atoms with Gasteiger partial charge in [0.25, 0.3) is 0 Å². The molecule has 1 rings (SSSR count). The molecule has 2 N–H and O–H groups in total. The highest BCUT2D eigenvalue weighted by atomic mass is 35.5. The first-order valence-electron chi connectivity index (χ1n) is 5.30. The van der Waals surface area contributed by atoms with Crippen LogP contribution >= 0.6 is 23.4 Å². The third-order valence-corrected chi connectivity index (χ3v) is 3.17. The Balaban J connectivity index is 2.27. The third kappa shape index (κ3) is 5.39. The molecule has 1 heterocycles. The second-order valence-electron chi connectivity index (χ2n) is 3.31. The average Bonchev–Trinajstić information content (AvgIpc) is 2.32. The lowest BCUT2D eigenvalue weighted by atomic mass is 10.2. The van der Waals surface area contributed by atoms with Crippen molar-refractivity contribution < 1.29 is 9.53 Å². The van der Waals surface area contributed by atoms with Crippen molar-refractivity contribution in [1.29, 1.82) is 0 Å². The van der Waals surface area contributed by atoms with Gasteiger partial charge in [-0.15, -0.1) is 11.8 Å². The highest BCUT2D eigenvalue weighted by Gasteiger charge is 2.13. The van der Waals surface area contributed by atoms with Crippen LogP contribution in [0.3, 0.4) is 0 Å². The maximum absolute atomic E-state index is 11.2. The van der Waals surface area contributed by atoms with Gasteiger partial charge in [-0.1, -0.05) is 11.6 Å². The van der Waals surface area contributed by atoms with E-state index < -0.39 is 6.04 Å². The summed E-state index contributed by atoms with van der Waals surface area (Å²) in [5, 5.41) is 1.48. The van der Waals surface area contributed by atoms with Crippen LogP contribution in [0.25, 0.3) is 0 Å². The van der Waals surface area contributed by atoms with Gasteiger partial charge in [0.2, 0.25) is 0 Å². The summed E-state index contributed by atoms with van der Waals surface area (Å²) in [6.45, 7) is 2.12. The van der Waals surface area contributed by atoms with Crippen molar-refractivity contribution in [2.45, 2.75) is 24.4 Å². The summed E-state index contributed by atoms with van der Waals surface area (Å²) in [6, 6.07) is 3.06. The lowest BCUT2D eigenvalue weighted by Gasteiger charge is -2.09. The zero-order chi connectivity index (χ0) is 12.7. The Hall–Kier alpha value is -0.780. The SMILES string of the molecule is CCOC(=O)C(N)CCSc1ccc(Cl)cn1. The van der Waals surface area contributed by atoms with Crippen molar-refractivity contribution in [3.8, 4) is 0 Å². The molecular weight excluding hydrogens is 260 g/mol. The van der Waals surface area contributed by atoms with E-state index in [1.165, 1.54) is 11.8 Å². The Morgan fingerprint density at radius 1 is 1.65 bits per heavy atom. The first-order valence-corrected chi connectivity index (χ1v) is 6.66. The van der Waals surface area contributed by atoms with Crippen molar-refractivity contribution in [1.82, 2.24) is 4.98 Å². The van der Waals surface area contributed by atoms with Gasteiger partial charge in [-0.2, -0.15) is 0 Å². The van der Waals surface area contributed by atoms with E-state index in [2.05, 4.69) is 4.98 Å². The van der Waals surface area contributed by atoms with Crippen molar-refractivity contribution in [3.63, 3.8) is 0 Å². The molecule has 1 unspecified atom stereocenters. The summed E-state index contributed by atoms with van der Waals surface area (Å²) in [4.78, 5) is 15.4. The number of nitrogens with two attached hydrogens (primary N) is 1. The quantitative estimate of drug-likeness (QED) is 0.636. The molecule has 17 heavy (non-hydrogen) atoms. The second-order valence-corrected chi connectivity index (χ2v) is 4.86. The molecule has 0 bridgehead atoms. The molecule has 0 saturated heterocycles. The van der Waals surface area contributed by atoms with Crippen LogP contribution < -0.4 is 5.73 Å². The van der Waals surface area contributed by atoms with E-state index in [1.807, 2.05) is 6.07 Å². The van der Waals surface area contributed by atoms with Gasteiger partial charge in [0.05, 0.1) is 16.7 Å². The Labute approximate surface area is 110 Å². The molecule has 0 radical (unpaired) electrons. The van der Waals surface area contributed by atoms with Crippen LogP contribution in [-0.4, -0.2) is 29.4 Å². The summed E-state index contributed by atoms with van der Waals surface area (Å²) in [5.74, 6) is 0.367. The lowest BCUT2D eigenvalue weighted by molar-refractivity contribution is -0.144. The van der Waals surface area contributed by atoms with Gasteiger partial charge in [0.15, 0.2) is 0 Å². The highest BCUT2D eigenvalue weighted by molar-refractivity contribution is 7.99. The van der Waals surface area contributed by atoms with Crippen molar-refractivity contribution in [2.24, 2.45) is 5.73 Å². The smallest absolute Gasteiger partial charge is 0.322 e. The van der Waals surface area contributed by atoms with Gasteiger partial charge in [0, 0.05) is 11.9 Å². The molecule has 1 aromatic heterocycles. The van der Waals surface area contributed by atoms with Crippen LogP contribution in [0.4, 0.5) is 0 Å². The molecule has 1 atom stereocenters. The van der Waals surface area contributed by atoms with Crippen molar-refractivity contribution in [3.05, 3.63) is 23.4 Å². The number of rotatable bonds is 6. The van der Waals surface area contributed by atoms with Crippen LogP contribution in [0, 0.1) is 0 Å². The highest BCUT2D eigenvalue weighted by Crippen LogP contribution is 2.18. The second kappa shape index (κ2) is 7.53. The van der Waals surface area contributed by atoms with Gasteiger partial charge in [0.1, 0.15) is 6.04 Å². The number of carbonyl (C=O) groups excluding carboxylic acids is 1. The van der Waals surface area contributed by atoms with E-state index in [9.17, 15) is 4.79 Å². The van der Waals surface area contributed by atoms with Crippen molar-refractivity contribution in [2.75, 3.05) is 12.4 Å². The maximum Gasteiger partial charge on any atom is 0.322 e. The zero-order valence-corrected chi connectivity index (χ0v) is 11.1. The van der Waals surface area contributed by atoms with Crippen LogP contribution in [0.15, 0.2) is 23.4 Å². The van der Waals surface area contributed by atoms with Gasteiger partial charge in [-0.25, -0.2) is 4.98 Å². The number of hydrogen-bond acceptors (Lipinski definition) is 5. The Morgan fingerprint density at radius 2 is 2.41 bits per heavy atom. The number of hydrogen-bond donors (Lipinski definition) is 1. The predicted molar refractivity (Wildman–Crippen MR) is 69.2 cm³/mol. The fraction of sp³-hybridized carbons (Fsp3) is 0.455. The predicted octanol–water partition coefficient (Wildman–Crippen LogP) is 2.11. The van der Waals surface area contributed by atoms with E-state index >= 15 is 0 Å². The lowest BCUT2D eigenvalue weighted by Crippen LogP contribution is -2.32. The normalized spacial score (nSPS) is 12.2. The summed E-state index contributed by atoms with van der Waals surface area (Å²) in [6.07, 6.45) is 2.16. The van der Waals surface area contributed by atoms with E-state index in [0.717, 1.165) is 5.03 Å². The summed E-state index contributed by atoms with van der Waals surface area (Å²) < 4.78 is 4.82. The topological polar surface area (TPSA) is 65.2 Å².